The molecule has 2 nitrogen and oxygen atoms in total. The third-order valence-corrected chi connectivity index (χ3v) is 8.95. The summed E-state index contributed by atoms with van der Waals surface area (Å²) in [7, 11) is 0. The van der Waals surface area contributed by atoms with E-state index in [-0.39, 0.29) is 0 Å². The summed E-state index contributed by atoms with van der Waals surface area (Å²) >= 11 is 0. The Labute approximate surface area is 234 Å². The van der Waals surface area contributed by atoms with Crippen molar-refractivity contribution in [2.75, 3.05) is 39.3 Å². The molecule has 0 saturated carbocycles. The van der Waals surface area contributed by atoms with Crippen LogP contribution in [0.25, 0.3) is 0 Å². The Morgan fingerprint density at radius 1 is 0.486 bits per heavy atom. The molecule has 37 heavy (non-hydrogen) atoms. The number of nitrogens with zero attached hydrogens (tertiary/aromatic N) is 2. The number of benzene rings is 1. The van der Waals surface area contributed by atoms with Crippen molar-refractivity contribution < 1.29 is 4.48 Å². The van der Waals surface area contributed by atoms with Crippen LogP contribution in [-0.4, -0.2) is 48.7 Å². The van der Waals surface area contributed by atoms with Crippen molar-refractivity contribution in [3.63, 3.8) is 0 Å². The molecule has 2 heteroatoms. The molecular weight excluding hydrogens is 448 g/mol. The van der Waals surface area contributed by atoms with Gasteiger partial charge in [-0.3, -0.25) is 4.90 Å². The van der Waals surface area contributed by atoms with Crippen LogP contribution >= 0.6 is 0 Å². The fourth-order valence-corrected chi connectivity index (χ4v) is 5.92. The maximum absolute atomic E-state index is 2.73. The monoisotopic (exact) mass is 516 g/mol. The lowest BCUT2D eigenvalue weighted by Gasteiger charge is -2.36. The first kappa shape index (κ1) is 34.2. The lowest BCUT2D eigenvalue weighted by atomic mass is 10.0. The molecule has 1 aromatic carbocycles. The zero-order valence-electron chi connectivity index (χ0n) is 26.0. The Kier molecular flexibility index (Phi) is 22.3. The van der Waals surface area contributed by atoms with E-state index in [1.54, 1.807) is 0 Å². The lowest BCUT2D eigenvalue weighted by molar-refractivity contribution is -0.923. The number of hydrogen-bond donors (Lipinski definition) is 0. The van der Waals surface area contributed by atoms with E-state index in [4.69, 9.17) is 0 Å². The van der Waals surface area contributed by atoms with Crippen LogP contribution in [0.2, 0.25) is 0 Å². The number of hydrogen-bond acceptors (Lipinski definition) is 1. The third kappa shape index (κ3) is 18.1. The average molecular weight is 516 g/mol. The highest BCUT2D eigenvalue weighted by Gasteiger charge is 2.19. The van der Waals surface area contributed by atoms with Crippen molar-refractivity contribution in [2.24, 2.45) is 0 Å². The van der Waals surface area contributed by atoms with Crippen molar-refractivity contribution in [2.45, 2.75) is 150 Å². The summed E-state index contributed by atoms with van der Waals surface area (Å²) < 4.78 is 1.29. The standard InChI is InChI=1S/C35H67N2/c1-5-9-10-11-12-13-14-15-16-17-18-19-20-21-22-26-31-36(34-35-29-24-23-25-30-35)32-27-28-33-37(6-2,7-3)8-4/h23-25,29-30H,5-22,26-28,31-34H2,1-4H3/q+1. The second-order valence-electron chi connectivity index (χ2n) is 11.8. The van der Waals surface area contributed by atoms with Gasteiger partial charge >= 0.3 is 0 Å². The first-order chi connectivity index (χ1) is 18.2. The molecule has 0 aromatic heterocycles. The van der Waals surface area contributed by atoms with Gasteiger partial charge in [0.15, 0.2) is 0 Å². The molecule has 1 rings (SSSR count). The van der Waals surface area contributed by atoms with Crippen LogP contribution in [0.4, 0.5) is 0 Å². The molecule has 0 N–H and O–H groups in total. The summed E-state index contributed by atoms with van der Waals surface area (Å²) in [6, 6.07) is 11.1. The van der Waals surface area contributed by atoms with Crippen molar-refractivity contribution in [1.82, 2.24) is 4.90 Å². The number of rotatable bonds is 27. The van der Waals surface area contributed by atoms with Gasteiger partial charge in [0.2, 0.25) is 0 Å². The Morgan fingerprint density at radius 2 is 0.892 bits per heavy atom. The van der Waals surface area contributed by atoms with Crippen LogP contribution in [-0.2, 0) is 6.54 Å². The highest BCUT2D eigenvalue weighted by Crippen LogP contribution is 2.15. The van der Waals surface area contributed by atoms with Gasteiger partial charge in [0.25, 0.3) is 0 Å². The van der Waals surface area contributed by atoms with Crippen LogP contribution in [0.15, 0.2) is 30.3 Å². The molecular formula is C35H67N2+. The lowest BCUT2D eigenvalue weighted by Crippen LogP contribution is -2.48. The number of quaternary nitrogens is 1. The van der Waals surface area contributed by atoms with Gasteiger partial charge in [-0.2, -0.15) is 0 Å². The van der Waals surface area contributed by atoms with Crippen LogP contribution in [0.1, 0.15) is 149 Å². The molecule has 216 valence electrons. The van der Waals surface area contributed by atoms with Gasteiger partial charge in [0.05, 0.1) is 26.2 Å². The summed E-state index contributed by atoms with van der Waals surface area (Å²) in [6.45, 7) is 18.2. The Hall–Kier alpha value is -0.860. The maximum Gasteiger partial charge on any atom is 0.0786 e. The maximum atomic E-state index is 2.73. The minimum absolute atomic E-state index is 1.12. The summed E-state index contributed by atoms with van der Waals surface area (Å²) in [5.41, 5.74) is 1.47. The predicted octanol–water partition coefficient (Wildman–Crippen LogP) is 10.4. The largest absolute Gasteiger partial charge is 0.324 e. The number of unbranched alkanes of at least 4 members (excludes halogenated alkanes) is 16. The van der Waals surface area contributed by atoms with Crippen LogP contribution in [0.3, 0.4) is 0 Å². The molecule has 0 aliphatic rings. The predicted molar refractivity (Wildman–Crippen MR) is 167 cm³/mol. The summed E-state index contributed by atoms with van der Waals surface area (Å²) in [6.07, 6.45) is 25.8. The van der Waals surface area contributed by atoms with E-state index in [2.05, 4.69) is 62.9 Å². The molecule has 0 atom stereocenters. The fraction of sp³-hybridized carbons (Fsp3) is 0.829. The Balaban J connectivity index is 2.12. The molecule has 0 radical (unpaired) electrons. The molecule has 0 aliphatic heterocycles. The van der Waals surface area contributed by atoms with Gasteiger partial charge in [-0.25, -0.2) is 0 Å². The second-order valence-corrected chi connectivity index (χ2v) is 11.8. The molecule has 0 heterocycles. The normalized spacial score (nSPS) is 12.0. The van der Waals surface area contributed by atoms with Gasteiger partial charge in [-0.05, 0) is 58.7 Å². The third-order valence-electron chi connectivity index (χ3n) is 8.95. The molecule has 0 amide bonds. The van der Waals surface area contributed by atoms with Gasteiger partial charge in [-0.1, -0.05) is 134 Å². The highest BCUT2D eigenvalue weighted by molar-refractivity contribution is 5.14. The summed E-state index contributed by atoms with van der Waals surface area (Å²) in [4.78, 5) is 2.73. The topological polar surface area (TPSA) is 3.24 Å². The molecule has 0 saturated heterocycles. The van der Waals surface area contributed by atoms with Crippen LogP contribution < -0.4 is 0 Å². The van der Waals surface area contributed by atoms with E-state index < -0.39 is 0 Å². The molecule has 0 unspecified atom stereocenters. The van der Waals surface area contributed by atoms with E-state index in [1.807, 2.05) is 0 Å². The quantitative estimate of drug-likeness (QED) is 0.0831. The zero-order chi connectivity index (χ0) is 26.9. The Morgan fingerprint density at radius 3 is 1.32 bits per heavy atom. The molecule has 0 bridgehead atoms. The minimum atomic E-state index is 1.12. The van der Waals surface area contributed by atoms with E-state index >= 15 is 0 Å². The first-order valence-electron chi connectivity index (χ1n) is 16.8. The van der Waals surface area contributed by atoms with Crippen molar-refractivity contribution >= 4 is 0 Å². The molecule has 0 spiro atoms. The van der Waals surface area contributed by atoms with E-state index in [0.29, 0.717) is 0 Å². The SMILES string of the molecule is CCCCCCCCCCCCCCCCCCN(CCCC[N+](CC)(CC)CC)Cc1ccccc1. The van der Waals surface area contributed by atoms with E-state index in [0.717, 1.165) is 6.54 Å². The zero-order valence-corrected chi connectivity index (χ0v) is 26.0. The first-order valence-corrected chi connectivity index (χ1v) is 16.8. The van der Waals surface area contributed by atoms with Crippen LogP contribution in [0, 0.1) is 0 Å². The van der Waals surface area contributed by atoms with Gasteiger partial charge in [0, 0.05) is 6.54 Å². The minimum Gasteiger partial charge on any atom is -0.324 e. The summed E-state index contributed by atoms with van der Waals surface area (Å²) in [5.74, 6) is 0. The molecule has 0 aliphatic carbocycles. The van der Waals surface area contributed by atoms with Gasteiger partial charge in [-0.15, -0.1) is 0 Å². The van der Waals surface area contributed by atoms with Crippen molar-refractivity contribution in [3.8, 4) is 0 Å². The molecule has 0 fully saturated rings. The van der Waals surface area contributed by atoms with Crippen molar-refractivity contribution in [3.05, 3.63) is 35.9 Å². The fourth-order valence-electron chi connectivity index (χ4n) is 5.92. The van der Waals surface area contributed by atoms with Gasteiger partial charge < -0.3 is 4.48 Å². The highest BCUT2D eigenvalue weighted by atomic mass is 15.3. The Bertz CT molecular complexity index is 572. The van der Waals surface area contributed by atoms with Gasteiger partial charge in [0.1, 0.15) is 0 Å². The van der Waals surface area contributed by atoms with E-state index in [9.17, 15) is 0 Å². The average Bonchev–Trinajstić information content (AvgIpc) is 2.93. The smallest absolute Gasteiger partial charge is 0.0786 e. The molecule has 1 aromatic rings. The summed E-state index contributed by atoms with van der Waals surface area (Å²) in [5, 5.41) is 0. The second kappa shape index (κ2) is 24.2. The van der Waals surface area contributed by atoms with Crippen LogP contribution in [0.5, 0.6) is 0 Å². The van der Waals surface area contributed by atoms with Crippen molar-refractivity contribution in [1.29, 1.82) is 0 Å². The van der Waals surface area contributed by atoms with E-state index in [1.165, 1.54) is 165 Å².